The Labute approximate surface area is 168 Å². The molecule has 3 aromatic rings. The number of likely N-dealkylation sites (tertiary alicyclic amines) is 1. The molecule has 0 saturated carbocycles. The van der Waals surface area contributed by atoms with Crippen LogP contribution in [0, 0.1) is 10.1 Å². The molecule has 0 spiro atoms. The summed E-state index contributed by atoms with van der Waals surface area (Å²) in [5, 5.41) is 15.7. The van der Waals surface area contributed by atoms with Crippen molar-refractivity contribution in [3.8, 4) is 0 Å². The highest BCUT2D eigenvalue weighted by Gasteiger charge is 2.31. The van der Waals surface area contributed by atoms with E-state index < -0.39 is 4.92 Å². The number of carbonyl (C=O) groups excluding carboxylic acids is 1. The molecule has 2 aromatic carbocycles. The van der Waals surface area contributed by atoms with Crippen molar-refractivity contribution in [2.45, 2.75) is 25.3 Å². The molecule has 7 nitrogen and oxygen atoms in total. The fourth-order valence-electron chi connectivity index (χ4n) is 3.86. The molecule has 1 atom stereocenters. The second-order valence-corrected chi connectivity index (χ2v) is 7.21. The lowest BCUT2D eigenvalue weighted by atomic mass is 10.1. The number of pyridine rings is 1. The Kier molecular flexibility index (Phi) is 5.37. The smallest absolute Gasteiger partial charge is 0.278 e. The maximum atomic E-state index is 12.8. The van der Waals surface area contributed by atoms with Gasteiger partial charge in [0.05, 0.1) is 10.3 Å². The summed E-state index contributed by atoms with van der Waals surface area (Å²) in [6.07, 6.45) is 5.68. The largest absolute Gasteiger partial charge is 0.373 e. The highest BCUT2D eigenvalue weighted by atomic mass is 16.6. The van der Waals surface area contributed by atoms with Gasteiger partial charge in [-0.2, -0.15) is 0 Å². The van der Waals surface area contributed by atoms with Crippen molar-refractivity contribution in [1.29, 1.82) is 0 Å². The van der Waals surface area contributed by atoms with Gasteiger partial charge in [0.25, 0.3) is 5.69 Å². The number of anilines is 1. The zero-order chi connectivity index (χ0) is 20.2. The monoisotopic (exact) mass is 390 g/mol. The third kappa shape index (κ3) is 4.03. The first-order chi connectivity index (χ1) is 14.1. The van der Waals surface area contributed by atoms with Crippen LogP contribution in [0.5, 0.6) is 0 Å². The first kappa shape index (κ1) is 18.9. The molecule has 0 bridgehead atoms. The number of hydrogen-bond acceptors (Lipinski definition) is 5. The Balaban J connectivity index is 1.42. The first-order valence-corrected chi connectivity index (χ1v) is 9.74. The molecule has 7 heteroatoms. The normalized spacial score (nSPS) is 16.3. The molecule has 1 N–H and O–H groups in total. The van der Waals surface area contributed by atoms with E-state index in [-0.39, 0.29) is 17.6 Å². The van der Waals surface area contributed by atoms with Crippen molar-refractivity contribution in [3.05, 3.63) is 76.6 Å². The number of aromatic nitrogens is 1. The van der Waals surface area contributed by atoms with Gasteiger partial charge in [-0.25, -0.2) is 0 Å². The Morgan fingerprint density at radius 3 is 2.76 bits per heavy atom. The number of non-ortho nitro benzene ring substituents is 1. The van der Waals surface area contributed by atoms with E-state index in [4.69, 9.17) is 0 Å². The molecule has 0 radical (unpaired) electrons. The molecule has 29 heavy (non-hydrogen) atoms. The summed E-state index contributed by atoms with van der Waals surface area (Å²) < 4.78 is 0. The minimum Gasteiger partial charge on any atom is -0.373 e. The van der Waals surface area contributed by atoms with Gasteiger partial charge >= 0.3 is 0 Å². The number of fused-ring (bicyclic) bond motifs is 1. The fourth-order valence-corrected chi connectivity index (χ4v) is 3.86. The van der Waals surface area contributed by atoms with Gasteiger partial charge in [-0.15, -0.1) is 0 Å². The predicted molar refractivity (Wildman–Crippen MR) is 112 cm³/mol. The van der Waals surface area contributed by atoms with E-state index in [0.29, 0.717) is 17.2 Å². The maximum Gasteiger partial charge on any atom is 0.278 e. The number of carbonyl (C=O) groups is 1. The summed E-state index contributed by atoms with van der Waals surface area (Å²) in [5.41, 5.74) is 2.01. The van der Waals surface area contributed by atoms with Gasteiger partial charge in [0, 0.05) is 42.6 Å². The quantitative estimate of drug-likeness (QED) is 0.490. The summed E-state index contributed by atoms with van der Waals surface area (Å²) >= 11 is 0. The Bertz CT molecular complexity index is 1040. The molecular formula is C22H22N4O3. The number of rotatable bonds is 7. The van der Waals surface area contributed by atoms with Crippen LogP contribution < -0.4 is 5.32 Å². The molecule has 2 heterocycles. The Morgan fingerprint density at radius 1 is 1.14 bits per heavy atom. The van der Waals surface area contributed by atoms with Gasteiger partial charge in [0.1, 0.15) is 6.04 Å². The van der Waals surface area contributed by atoms with E-state index in [2.05, 4.69) is 22.4 Å². The standard InChI is InChI=1S/C22H22N4O3/c27-22-20(11-14-25(22)13-4-7-16-5-2-1-3-6-16)24-19-8-9-21(26(28)29)18-15-23-12-10-17(18)19/h1-3,5-6,8-10,12,15,20,24H,4,7,11,13-14H2. The van der Waals surface area contributed by atoms with Crippen LogP contribution in [0.4, 0.5) is 11.4 Å². The number of amides is 1. The highest BCUT2D eigenvalue weighted by Crippen LogP contribution is 2.32. The predicted octanol–water partition coefficient (Wildman–Crippen LogP) is 3.79. The number of nitrogens with zero attached hydrogens (tertiary/aromatic N) is 3. The molecule has 1 amide bonds. The van der Waals surface area contributed by atoms with Gasteiger partial charge in [-0.3, -0.25) is 19.9 Å². The van der Waals surface area contributed by atoms with Crippen LogP contribution >= 0.6 is 0 Å². The zero-order valence-corrected chi connectivity index (χ0v) is 16.0. The van der Waals surface area contributed by atoms with Gasteiger partial charge in [0.15, 0.2) is 0 Å². The van der Waals surface area contributed by atoms with Gasteiger partial charge in [-0.05, 0) is 37.0 Å². The molecule has 1 unspecified atom stereocenters. The topological polar surface area (TPSA) is 88.4 Å². The van der Waals surface area contributed by atoms with Crippen LogP contribution in [0.1, 0.15) is 18.4 Å². The summed E-state index contributed by atoms with van der Waals surface area (Å²) in [5.74, 6) is 0.0821. The summed E-state index contributed by atoms with van der Waals surface area (Å²) in [6.45, 7) is 1.45. The molecule has 1 saturated heterocycles. The molecule has 1 aromatic heterocycles. The van der Waals surface area contributed by atoms with E-state index in [9.17, 15) is 14.9 Å². The molecule has 1 aliphatic heterocycles. The van der Waals surface area contributed by atoms with Crippen molar-refractivity contribution < 1.29 is 9.72 Å². The SMILES string of the molecule is O=C1C(Nc2ccc([N+](=O)[O-])c3cnccc23)CCN1CCCc1ccccc1. The van der Waals surface area contributed by atoms with Crippen molar-refractivity contribution in [2.24, 2.45) is 0 Å². The minimum absolute atomic E-state index is 0.0129. The lowest BCUT2D eigenvalue weighted by molar-refractivity contribution is -0.383. The lowest BCUT2D eigenvalue weighted by Crippen LogP contribution is -2.34. The Hall–Kier alpha value is -3.48. The number of nitro benzene ring substituents is 1. The zero-order valence-electron chi connectivity index (χ0n) is 16.0. The van der Waals surface area contributed by atoms with Crippen molar-refractivity contribution in [3.63, 3.8) is 0 Å². The van der Waals surface area contributed by atoms with E-state index in [1.807, 2.05) is 23.1 Å². The van der Waals surface area contributed by atoms with Crippen LogP contribution in [-0.2, 0) is 11.2 Å². The van der Waals surface area contributed by atoms with E-state index in [1.165, 1.54) is 17.8 Å². The van der Waals surface area contributed by atoms with E-state index >= 15 is 0 Å². The van der Waals surface area contributed by atoms with Gasteiger partial charge in [0.2, 0.25) is 5.91 Å². The van der Waals surface area contributed by atoms with Crippen molar-refractivity contribution >= 4 is 28.1 Å². The van der Waals surface area contributed by atoms with E-state index in [1.54, 1.807) is 18.3 Å². The number of nitrogens with one attached hydrogen (secondary N) is 1. The lowest BCUT2D eigenvalue weighted by Gasteiger charge is -2.18. The van der Waals surface area contributed by atoms with Crippen molar-refractivity contribution in [1.82, 2.24) is 9.88 Å². The van der Waals surface area contributed by atoms with Crippen LogP contribution in [0.15, 0.2) is 60.9 Å². The molecule has 0 aliphatic carbocycles. The number of benzene rings is 2. The third-order valence-electron chi connectivity index (χ3n) is 5.36. The van der Waals surface area contributed by atoms with Crippen molar-refractivity contribution in [2.75, 3.05) is 18.4 Å². The summed E-state index contributed by atoms with van der Waals surface area (Å²) in [7, 11) is 0. The minimum atomic E-state index is -0.414. The van der Waals surface area contributed by atoms with Crippen LogP contribution in [0.3, 0.4) is 0 Å². The maximum absolute atomic E-state index is 12.8. The summed E-state index contributed by atoms with van der Waals surface area (Å²) in [4.78, 5) is 29.6. The van der Waals surface area contributed by atoms with Crippen LogP contribution in [0.25, 0.3) is 10.8 Å². The molecule has 1 fully saturated rings. The Morgan fingerprint density at radius 2 is 1.97 bits per heavy atom. The highest BCUT2D eigenvalue weighted by molar-refractivity contribution is 6.00. The second kappa shape index (κ2) is 8.26. The average molecular weight is 390 g/mol. The third-order valence-corrected chi connectivity index (χ3v) is 5.36. The fraction of sp³-hybridized carbons (Fsp3) is 0.273. The number of nitro groups is 1. The molecule has 1 aliphatic rings. The van der Waals surface area contributed by atoms with Gasteiger partial charge in [-0.1, -0.05) is 30.3 Å². The van der Waals surface area contributed by atoms with Crippen LogP contribution in [0.2, 0.25) is 0 Å². The van der Waals surface area contributed by atoms with E-state index in [0.717, 1.165) is 31.6 Å². The molecular weight excluding hydrogens is 368 g/mol. The molecule has 4 rings (SSSR count). The first-order valence-electron chi connectivity index (χ1n) is 9.74. The van der Waals surface area contributed by atoms with Crippen LogP contribution in [-0.4, -0.2) is 39.8 Å². The average Bonchev–Trinajstić information content (AvgIpc) is 3.08. The van der Waals surface area contributed by atoms with Gasteiger partial charge < -0.3 is 10.2 Å². The second-order valence-electron chi connectivity index (χ2n) is 7.21. The molecule has 148 valence electrons. The number of hydrogen-bond donors (Lipinski definition) is 1. The summed E-state index contributed by atoms with van der Waals surface area (Å²) in [6, 6.07) is 14.8. The number of aryl methyl sites for hydroxylation is 1.